The van der Waals surface area contributed by atoms with Gasteiger partial charge in [-0.15, -0.1) is 0 Å². The van der Waals surface area contributed by atoms with Gasteiger partial charge in [0.1, 0.15) is 11.3 Å². The Labute approximate surface area is 128 Å². The molecule has 0 atom stereocenters. The highest BCUT2D eigenvalue weighted by Gasteiger charge is 2.21. The highest BCUT2D eigenvalue weighted by atomic mass is 16.5. The third-order valence-corrected chi connectivity index (χ3v) is 3.38. The average molecular weight is 295 g/mol. The number of ether oxygens (including phenoxy) is 1. The van der Waals surface area contributed by atoms with E-state index in [0.29, 0.717) is 17.9 Å². The summed E-state index contributed by atoms with van der Waals surface area (Å²) in [5, 5.41) is 4.12. The van der Waals surface area contributed by atoms with Crippen LogP contribution in [0, 0.1) is 6.92 Å². The number of carbonyl (C=O) groups is 1. The smallest absolute Gasteiger partial charge is 0.376 e. The molecule has 1 heterocycles. The summed E-state index contributed by atoms with van der Waals surface area (Å²) in [5.41, 5.74) is 3.36. The van der Waals surface area contributed by atoms with E-state index < -0.39 is 5.97 Å². The number of para-hydroxylation sites is 1. The number of esters is 1. The molecule has 1 N–H and O–H groups in total. The number of hydrogen-bond donors (Lipinski definition) is 1. The summed E-state index contributed by atoms with van der Waals surface area (Å²) in [7, 11) is 0. The SMILES string of the molecule is CCOC(=O)c1oc2ccccc2c1Nc1ccc(C)cc1. The molecular weight excluding hydrogens is 278 g/mol. The maximum absolute atomic E-state index is 12.1. The Kier molecular flexibility index (Phi) is 3.83. The van der Waals surface area contributed by atoms with E-state index in [0.717, 1.165) is 11.1 Å². The zero-order valence-electron chi connectivity index (χ0n) is 12.6. The molecule has 0 aliphatic rings. The van der Waals surface area contributed by atoms with Crippen LogP contribution < -0.4 is 5.32 Å². The first-order chi connectivity index (χ1) is 10.7. The van der Waals surface area contributed by atoms with Crippen molar-refractivity contribution in [3.05, 3.63) is 59.9 Å². The monoisotopic (exact) mass is 295 g/mol. The third kappa shape index (κ3) is 2.68. The summed E-state index contributed by atoms with van der Waals surface area (Å²) in [4.78, 5) is 12.1. The van der Waals surface area contributed by atoms with Crippen molar-refractivity contribution in [1.29, 1.82) is 0 Å². The number of benzene rings is 2. The molecule has 4 nitrogen and oxygen atoms in total. The normalized spacial score (nSPS) is 10.6. The highest BCUT2D eigenvalue weighted by Crippen LogP contribution is 2.33. The average Bonchev–Trinajstić information content (AvgIpc) is 2.89. The van der Waals surface area contributed by atoms with Gasteiger partial charge in [-0.3, -0.25) is 0 Å². The quantitative estimate of drug-likeness (QED) is 0.711. The Hall–Kier alpha value is -2.75. The van der Waals surface area contributed by atoms with E-state index in [1.165, 1.54) is 5.56 Å². The number of fused-ring (bicyclic) bond motifs is 1. The van der Waals surface area contributed by atoms with Crippen LogP contribution in [0.4, 0.5) is 11.4 Å². The van der Waals surface area contributed by atoms with Crippen LogP contribution in [-0.4, -0.2) is 12.6 Å². The van der Waals surface area contributed by atoms with Gasteiger partial charge in [0.2, 0.25) is 5.76 Å². The van der Waals surface area contributed by atoms with Crippen molar-refractivity contribution in [2.45, 2.75) is 13.8 Å². The highest BCUT2D eigenvalue weighted by molar-refractivity contribution is 6.05. The van der Waals surface area contributed by atoms with Gasteiger partial charge in [0.15, 0.2) is 0 Å². The molecular formula is C18H17NO3. The Bertz CT molecular complexity index is 803. The van der Waals surface area contributed by atoms with Gasteiger partial charge >= 0.3 is 5.97 Å². The van der Waals surface area contributed by atoms with Crippen LogP contribution in [0.25, 0.3) is 11.0 Å². The number of rotatable bonds is 4. The summed E-state index contributed by atoms with van der Waals surface area (Å²) in [6.07, 6.45) is 0. The number of anilines is 2. The van der Waals surface area contributed by atoms with E-state index in [1.807, 2.05) is 55.5 Å². The summed E-state index contributed by atoms with van der Waals surface area (Å²) >= 11 is 0. The van der Waals surface area contributed by atoms with Crippen LogP contribution in [0.5, 0.6) is 0 Å². The number of nitrogens with one attached hydrogen (secondary N) is 1. The minimum atomic E-state index is -0.465. The summed E-state index contributed by atoms with van der Waals surface area (Å²) in [6.45, 7) is 4.11. The van der Waals surface area contributed by atoms with Gasteiger partial charge in [-0.05, 0) is 38.1 Å². The molecule has 0 unspecified atom stereocenters. The Morgan fingerprint density at radius 3 is 2.59 bits per heavy atom. The lowest BCUT2D eigenvalue weighted by molar-refractivity contribution is 0.0494. The lowest BCUT2D eigenvalue weighted by Gasteiger charge is -2.07. The lowest BCUT2D eigenvalue weighted by atomic mass is 10.2. The van der Waals surface area contributed by atoms with Crippen molar-refractivity contribution in [3.63, 3.8) is 0 Å². The predicted octanol–water partition coefficient (Wildman–Crippen LogP) is 4.66. The van der Waals surface area contributed by atoms with Crippen LogP contribution in [0.1, 0.15) is 23.0 Å². The summed E-state index contributed by atoms with van der Waals surface area (Å²) in [6, 6.07) is 15.5. The third-order valence-electron chi connectivity index (χ3n) is 3.38. The lowest BCUT2D eigenvalue weighted by Crippen LogP contribution is -2.06. The molecule has 3 rings (SSSR count). The number of carbonyl (C=O) groups excluding carboxylic acids is 1. The predicted molar refractivity (Wildman–Crippen MR) is 86.6 cm³/mol. The standard InChI is InChI=1S/C18H17NO3/c1-3-21-18(20)17-16(14-6-4-5-7-15(14)22-17)19-13-10-8-12(2)9-11-13/h4-11,19H,3H2,1-2H3. The number of furan rings is 1. The molecule has 3 aromatic rings. The molecule has 2 aromatic carbocycles. The largest absolute Gasteiger partial charge is 0.460 e. The Morgan fingerprint density at radius 2 is 1.86 bits per heavy atom. The van der Waals surface area contributed by atoms with Crippen molar-refractivity contribution >= 4 is 28.3 Å². The molecule has 0 fully saturated rings. The maximum Gasteiger partial charge on any atom is 0.376 e. The topological polar surface area (TPSA) is 51.5 Å². The molecule has 0 radical (unpaired) electrons. The molecule has 1 aromatic heterocycles. The van der Waals surface area contributed by atoms with Crippen LogP contribution in [0.3, 0.4) is 0 Å². The maximum atomic E-state index is 12.1. The van der Waals surface area contributed by atoms with E-state index in [9.17, 15) is 4.79 Å². The van der Waals surface area contributed by atoms with Crippen molar-refractivity contribution in [3.8, 4) is 0 Å². The second kappa shape index (κ2) is 5.93. The van der Waals surface area contributed by atoms with E-state index in [-0.39, 0.29) is 5.76 Å². The van der Waals surface area contributed by atoms with Crippen molar-refractivity contribution < 1.29 is 13.9 Å². The Balaban J connectivity index is 2.07. The van der Waals surface area contributed by atoms with E-state index in [4.69, 9.17) is 9.15 Å². The van der Waals surface area contributed by atoms with Crippen molar-refractivity contribution in [2.75, 3.05) is 11.9 Å². The molecule has 0 saturated carbocycles. The first-order valence-electron chi connectivity index (χ1n) is 7.21. The van der Waals surface area contributed by atoms with E-state index in [1.54, 1.807) is 6.92 Å². The van der Waals surface area contributed by atoms with Crippen molar-refractivity contribution in [2.24, 2.45) is 0 Å². The molecule has 22 heavy (non-hydrogen) atoms. The van der Waals surface area contributed by atoms with Gasteiger partial charge in [-0.2, -0.15) is 0 Å². The minimum absolute atomic E-state index is 0.198. The van der Waals surface area contributed by atoms with Crippen LogP contribution in [-0.2, 0) is 4.74 Å². The molecule has 0 saturated heterocycles. The van der Waals surface area contributed by atoms with Gasteiger partial charge < -0.3 is 14.5 Å². The van der Waals surface area contributed by atoms with Crippen LogP contribution >= 0.6 is 0 Å². The summed E-state index contributed by atoms with van der Waals surface area (Å²) in [5.74, 6) is -0.267. The second-order valence-corrected chi connectivity index (χ2v) is 5.01. The first-order valence-corrected chi connectivity index (χ1v) is 7.21. The number of aryl methyl sites for hydroxylation is 1. The van der Waals surface area contributed by atoms with Gasteiger partial charge in [-0.25, -0.2) is 4.79 Å². The fourth-order valence-electron chi connectivity index (χ4n) is 2.29. The van der Waals surface area contributed by atoms with E-state index in [2.05, 4.69) is 5.32 Å². The first kappa shape index (κ1) is 14.2. The molecule has 0 aliphatic heterocycles. The molecule has 4 heteroatoms. The second-order valence-electron chi connectivity index (χ2n) is 5.01. The molecule has 112 valence electrons. The Morgan fingerprint density at radius 1 is 1.14 bits per heavy atom. The molecule has 0 aliphatic carbocycles. The van der Waals surface area contributed by atoms with Crippen molar-refractivity contribution in [1.82, 2.24) is 0 Å². The fourth-order valence-corrected chi connectivity index (χ4v) is 2.29. The van der Waals surface area contributed by atoms with Gasteiger partial charge in [0, 0.05) is 11.1 Å². The fraction of sp³-hybridized carbons (Fsp3) is 0.167. The zero-order chi connectivity index (χ0) is 15.5. The zero-order valence-corrected chi connectivity index (χ0v) is 12.6. The minimum Gasteiger partial charge on any atom is -0.460 e. The summed E-state index contributed by atoms with van der Waals surface area (Å²) < 4.78 is 10.8. The van der Waals surface area contributed by atoms with Gasteiger partial charge in [0.25, 0.3) is 0 Å². The van der Waals surface area contributed by atoms with Crippen LogP contribution in [0.15, 0.2) is 52.9 Å². The molecule has 0 amide bonds. The van der Waals surface area contributed by atoms with Gasteiger partial charge in [0.05, 0.1) is 6.61 Å². The van der Waals surface area contributed by atoms with Gasteiger partial charge in [-0.1, -0.05) is 29.8 Å². The molecule has 0 spiro atoms. The number of hydrogen-bond acceptors (Lipinski definition) is 4. The van der Waals surface area contributed by atoms with Crippen LogP contribution in [0.2, 0.25) is 0 Å². The van der Waals surface area contributed by atoms with E-state index >= 15 is 0 Å². The molecule has 0 bridgehead atoms.